The summed E-state index contributed by atoms with van der Waals surface area (Å²) in [6.07, 6.45) is 2.97. The summed E-state index contributed by atoms with van der Waals surface area (Å²) in [5, 5.41) is 10.3. The summed E-state index contributed by atoms with van der Waals surface area (Å²) in [6.45, 7) is 8.30. The van der Waals surface area contributed by atoms with Crippen LogP contribution in [0.25, 0.3) is 5.57 Å². The van der Waals surface area contributed by atoms with E-state index in [2.05, 4.69) is 13.5 Å². The molecule has 1 aliphatic rings. The van der Waals surface area contributed by atoms with Crippen molar-refractivity contribution >= 4 is 5.57 Å². The van der Waals surface area contributed by atoms with Crippen molar-refractivity contribution in [3.63, 3.8) is 0 Å². The molecule has 1 aromatic rings. The van der Waals surface area contributed by atoms with Crippen LogP contribution >= 0.6 is 0 Å². The fraction of sp³-hybridized carbons (Fsp3) is 0.412. The van der Waals surface area contributed by atoms with Gasteiger partial charge in [-0.05, 0) is 49.0 Å². The lowest BCUT2D eigenvalue weighted by atomic mass is 9.91. The number of aliphatic hydroxyl groups excluding tert-OH is 1. The molecule has 0 aromatic heterocycles. The molecule has 1 aromatic carbocycles. The van der Waals surface area contributed by atoms with Crippen molar-refractivity contribution in [2.45, 2.75) is 33.1 Å². The highest BCUT2D eigenvalue weighted by atomic mass is 16.5. The second-order valence-electron chi connectivity index (χ2n) is 5.12. The molecule has 0 bridgehead atoms. The number of benzene rings is 1. The quantitative estimate of drug-likeness (QED) is 0.615. The molecule has 2 nitrogen and oxygen atoms in total. The van der Waals surface area contributed by atoms with Crippen LogP contribution in [-0.2, 0) is 0 Å². The van der Waals surface area contributed by atoms with Crippen LogP contribution < -0.4 is 4.74 Å². The summed E-state index contributed by atoms with van der Waals surface area (Å²) < 4.78 is 5.43. The molecule has 2 rings (SSSR count). The van der Waals surface area contributed by atoms with Crippen molar-refractivity contribution in [2.24, 2.45) is 5.92 Å². The lowest BCUT2D eigenvalue weighted by molar-refractivity contribution is 0.373. The highest BCUT2D eigenvalue weighted by Crippen LogP contribution is 2.42. The van der Waals surface area contributed by atoms with Gasteiger partial charge in [-0.3, -0.25) is 0 Å². The van der Waals surface area contributed by atoms with E-state index in [4.69, 9.17) is 4.74 Å². The van der Waals surface area contributed by atoms with E-state index in [1.165, 1.54) is 0 Å². The van der Waals surface area contributed by atoms with Gasteiger partial charge in [-0.25, -0.2) is 0 Å². The lowest BCUT2D eigenvalue weighted by Gasteiger charge is -2.17. The standard InChI is InChI=1S/C17H22O2/c1-5-14(17(18)13-9-10-13)12(3)16-11(2)7-6-8-15(16)19-4/h6-8,13,18H,3,5,9-10H2,1-2,4H3/b17-14-. The largest absolute Gasteiger partial charge is 0.512 e. The lowest BCUT2D eigenvalue weighted by Crippen LogP contribution is -2.00. The zero-order chi connectivity index (χ0) is 14.0. The zero-order valence-corrected chi connectivity index (χ0v) is 12.0. The normalized spacial score (nSPS) is 15.9. The van der Waals surface area contributed by atoms with E-state index in [-0.39, 0.29) is 0 Å². The van der Waals surface area contributed by atoms with Crippen LogP contribution in [-0.4, -0.2) is 12.2 Å². The maximum atomic E-state index is 10.3. The minimum absolute atomic E-state index is 0.349. The SMILES string of the molecule is C=C(/C(CC)=C(\O)C1CC1)c1c(C)cccc1OC. The number of ether oxygens (including phenoxy) is 1. The molecule has 1 aliphatic carbocycles. The van der Waals surface area contributed by atoms with Crippen molar-refractivity contribution in [2.75, 3.05) is 7.11 Å². The molecule has 0 radical (unpaired) electrons. The van der Waals surface area contributed by atoms with Gasteiger partial charge in [-0.1, -0.05) is 25.6 Å². The van der Waals surface area contributed by atoms with E-state index in [9.17, 15) is 5.11 Å². The molecule has 0 spiro atoms. The summed E-state index contributed by atoms with van der Waals surface area (Å²) in [7, 11) is 1.67. The van der Waals surface area contributed by atoms with E-state index < -0.39 is 0 Å². The molecular formula is C17H22O2. The van der Waals surface area contributed by atoms with Crippen molar-refractivity contribution < 1.29 is 9.84 Å². The minimum atomic E-state index is 0.349. The Bertz CT molecular complexity index is 522. The third-order valence-corrected chi connectivity index (χ3v) is 3.75. The average Bonchev–Trinajstić information content (AvgIpc) is 3.23. The van der Waals surface area contributed by atoms with Crippen LogP contribution in [0.3, 0.4) is 0 Å². The van der Waals surface area contributed by atoms with E-state index in [1.807, 2.05) is 25.1 Å². The van der Waals surface area contributed by atoms with Gasteiger partial charge in [0.15, 0.2) is 0 Å². The maximum Gasteiger partial charge on any atom is 0.126 e. The first-order chi connectivity index (χ1) is 9.10. The Morgan fingerprint density at radius 1 is 1.42 bits per heavy atom. The summed E-state index contributed by atoms with van der Waals surface area (Å²) >= 11 is 0. The fourth-order valence-corrected chi connectivity index (χ4v) is 2.50. The molecule has 0 saturated heterocycles. The molecule has 0 unspecified atom stereocenters. The number of aryl methyl sites for hydroxylation is 1. The Kier molecular flexibility index (Phi) is 3.98. The predicted molar refractivity (Wildman–Crippen MR) is 79.4 cm³/mol. The van der Waals surface area contributed by atoms with Crippen molar-refractivity contribution in [1.29, 1.82) is 0 Å². The zero-order valence-electron chi connectivity index (χ0n) is 12.0. The van der Waals surface area contributed by atoms with Gasteiger partial charge in [0.05, 0.1) is 12.9 Å². The summed E-state index contributed by atoms with van der Waals surface area (Å²) in [6, 6.07) is 5.96. The molecule has 102 valence electrons. The van der Waals surface area contributed by atoms with E-state index in [0.29, 0.717) is 11.7 Å². The van der Waals surface area contributed by atoms with Gasteiger partial charge in [0, 0.05) is 11.5 Å². The Balaban J connectivity index is 2.46. The molecule has 0 heterocycles. The van der Waals surface area contributed by atoms with Crippen LogP contribution in [0.2, 0.25) is 0 Å². The van der Waals surface area contributed by atoms with Crippen LogP contribution in [0.5, 0.6) is 5.75 Å². The van der Waals surface area contributed by atoms with Crippen LogP contribution in [0, 0.1) is 12.8 Å². The molecular weight excluding hydrogens is 236 g/mol. The maximum absolute atomic E-state index is 10.3. The van der Waals surface area contributed by atoms with E-state index in [1.54, 1.807) is 7.11 Å². The Morgan fingerprint density at radius 3 is 2.63 bits per heavy atom. The summed E-state index contributed by atoms with van der Waals surface area (Å²) in [5.74, 6) is 1.69. The minimum Gasteiger partial charge on any atom is -0.512 e. The second kappa shape index (κ2) is 5.52. The summed E-state index contributed by atoms with van der Waals surface area (Å²) in [5.41, 5.74) is 3.99. The van der Waals surface area contributed by atoms with Crippen LogP contribution in [0.15, 0.2) is 36.1 Å². The van der Waals surface area contributed by atoms with Crippen molar-refractivity contribution in [3.8, 4) is 5.75 Å². The topological polar surface area (TPSA) is 29.5 Å². The van der Waals surface area contributed by atoms with Gasteiger partial charge in [-0.15, -0.1) is 0 Å². The molecule has 0 atom stereocenters. The summed E-state index contributed by atoms with van der Waals surface area (Å²) in [4.78, 5) is 0. The molecule has 0 aliphatic heterocycles. The first kappa shape index (κ1) is 13.7. The van der Waals surface area contributed by atoms with Gasteiger partial charge in [0.1, 0.15) is 5.75 Å². The molecule has 2 heteroatoms. The number of aliphatic hydroxyl groups is 1. The molecule has 1 fully saturated rings. The van der Waals surface area contributed by atoms with Crippen LogP contribution in [0.1, 0.15) is 37.3 Å². The van der Waals surface area contributed by atoms with Crippen molar-refractivity contribution in [3.05, 3.63) is 47.2 Å². The van der Waals surface area contributed by atoms with Gasteiger partial charge < -0.3 is 9.84 Å². The van der Waals surface area contributed by atoms with E-state index >= 15 is 0 Å². The highest BCUT2D eigenvalue weighted by Gasteiger charge is 2.29. The van der Waals surface area contributed by atoms with Crippen LogP contribution in [0.4, 0.5) is 0 Å². The third-order valence-electron chi connectivity index (χ3n) is 3.75. The molecule has 0 amide bonds. The third kappa shape index (κ3) is 2.67. The Morgan fingerprint density at radius 2 is 2.11 bits per heavy atom. The first-order valence-electron chi connectivity index (χ1n) is 6.85. The Labute approximate surface area is 115 Å². The number of rotatable bonds is 5. The van der Waals surface area contributed by atoms with E-state index in [0.717, 1.165) is 47.3 Å². The number of hydrogen-bond donors (Lipinski definition) is 1. The van der Waals surface area contributed by atoms with Gasteiger partial charge in [0.25, 0.3) is 0 Å². The molecule has 1 saturated carbocycles. The second-order valence-corrected chi connectivity index (χ2v) is 5.12. The molecule has 19 heavy (non-hydrogen) atoms. The molecule has 1 N–H and O–H groups in total. The van der Waals surface area contributed by atoms with Crippen molar-refractivity contribution in [1.82, 2.24) is 0 Å². The number of hydrogen-bond acceptors (Lipinski definition) is 2. The first-order valence-corrected chi connectivity index (χ1v) is 6.85. The monoisotopic (exact) mass is 258 g/mol. The number of allylic oxidation sites excluding steroid dienone is 3. The number of methoxy groups -OCH3 is 1. The Hall–Kier alpha value is -1.70. The highest BCUT2D eigenvalue weighted by molar-refractivity contribution is 5.82. The predicted octanol–water partition coefficient (Wildman–Crippen LogP) is 4.65. The van der Waals surface area contributed by atoms with Gasteiger partial charge in [0.2, 0.25) is 0 Å². The van der Waals surface area contributed by atoms with Gasteiger partial charge in [-0.2, -0.15) is 0 Å². The average molecular weight is 258 g/mol. The van der Waals surface area contributed by atoms with Gasteiger partial charge >= 0.3 is 0 Å². The smallest absolute Gasteiger partial charge is 0.126 e. The fourth-order valence-electron chi connectivity index (χ4n) is 2.50.